The molecule has 16 heavy (non-hydrogen) atoms. The lowest BCUT2D eigenvalue weighted by Gasteiger charge is -2.39. The lowest BCUT2D eigenvalue weighted by Crippen LogP contribution is -2.50. The van der Waals surface area contributed by atoms with E-state index >= 15 is 0 Å². The Morgan fingerprint density at radius 3 is 2.62 bits per heavy atom. The number of hydrogen-bond donors (Lipinski definition) is 1. The van der Waals surface area contributed by atoms with Crippen LogP contribution in [0.25, 0.3) is 0 Å². The van der Waals surface area contributed by atoms with Gasteiger partial charge in [0.05, 0.1) is 0 Å². The van der Waals surface area contributed by atoms with Gasteiger partial charge in [0.25, 0.3) is 0 Å². The molecule has 0 aliphatic carbocycles. The summed E-state index contributed by atoms with van der Waals surface area (Å²) in [4.78, 5) is 11.1. The van der Waals surface area contributed by atoms with Crippen LogP contribution in [0.4, 0.5) is 5.95 Å². The molecule has 0 radical (unpaired) electrons. The minimum absolute atomic E-state index is 0.278. The molecule has 1 fully saturated rings. The second-order valence-electron chi connectivity index (χ2n) is 4.80. The summed E-state index contributed by atoms with van der Waals surface area (Å²) in [5.41, 5.74) is 1.31. The summed E-state index contributed by atoms with van der Waals surface area (Å²) in [6.07, 6.45) is 4.12. The van der Waals surface area contributed by atoms with Crippen molar-refractivity contribution >= 4 is 5.95 Å². The van der Waals surface area contributed by atoms with Gasteiger partial charge in [0.15, 0.2) is 0 Å². The molecule has 0 atom stereocenters. The third kappa shape index (κ3) is 2.32. The molecule has 1 aromatic heterocycles. The van der Waals surface area contributed by atoms with Crippen LogP contribution in [0.5, 0.6) is 0 Å². The molecule has 4 nitrogen and oxygen atoms in total. The zero-order chi connectivity index (χ0) is 11.6. The first kappa shape index (κ1) is 11.3. The molecule has 1 saturated heterocycles. The van der Waals surface area contributed by atoms with Gasteiger partial charge in [-0.15, -0.1) is 0 Å². The molecule has 0 amide bonds. The van der Waals surface area contributed by atoms with E-state index in [1.54, 1.807) is 0 Å². The molecule has 0 unspecified atom stereocenters. The minimum atomic E-state index is 0.278. The van der Waals surface area contributed by atoms with Crippen LogP contribution < -0.4 is 10.2 Å². The molecule has 4 heteroatoms. The molecule has 0 aromatic carbocycles. The molecular formula is C12H20N4. The summed E-state index contributed by atoms with van der Waals surface area (Å²) in [6.45, 7) is 6.34. The standard InChI is InChI=1S/C12H20N4/c1-10-4-7-14-11(15-10)16-8-5-12(2,13-3)6-9-16/h4,7,13H,5-6,8-9H2,1-3H3. The summed E-state index contributed by atoms with van der Waals surface area (Å²) in [6, 6.07) is 1.94. The Balaban J connectivity index is 2.04. The van der Waals surface area contributed by atoms with E-state index in [0.717, 1.165) is 37.6 Å². The summed E-state index contributed by atoms with van der Waals surface area (Å²) in [7, 11) is 2.04. The van der Waals surface area contributed by atoms with Gasteiger partial charge in [-0.3, -0.25) is 0 Å². The van der Waals surface area contributed by atoms with E-state index in [9.17, 15) is 0 Å². The highest BCUT2D eigenvalue weighted by Gasteiger charge is 2.29. The summed E-state index contributed by atoms with van der Waals surface area (Å²) >= 11 is 0. The monoisotopic (exact) mass is 220 g/mol. The van der Waals surface area contributed by atoms with Gasteiger partial charge >= 0.3 is 0 Å². The van der Waals surface area contributed by atoms with Gasteiger partial charge < -0.3 is 10.2 Å². The Kier molecular flexibility index (Phi) is 3.10. The first-order valence-corrected chi connectivity index (χ1v) is 5.86. The van der Waals surface area contributed by atoms with Crippen molar-refractivity contribution in [2.45, 2.75) is 32.2 Å². The van der Waals surface area contributed by atoms with Gasteiger partial charge in [-0.2, -0.15) is 0 Å². The molecule has 1 N–H and O–H groups in total. The summed E-state index contributed by atoms with van der Waals surface area (Å²) in [5, 5.41) is 3.40. The fraction of sp³-hybridized carbons (Fsp3) is 0.667. The lowest BCUT2D eigenvalue weighted by molar-refractivity contribution is 0.303. The number of piperidine rings is 1. The molecule has 88 valence electrons. The van der Waals surface area contributed by atoms with Gasteiger partial charge in [0, 0.05) is 30.5 Å². The normalized spacial score (nSPS) is 19.8. The maximum atomic E-state index is 4.46. The summed E-state index contributed by atoms with van der Waals surface area (Å²) in [5.74, 6) is 0.873. The molecule has 2 heterocycles. The first-order chi connectivity index (χ1) is 7.63. The van der Waals surface area contributed by atoms with Crippen molar-refractivity contribution in [2.75, 3.05) is 25.0 Å². The Labute approximate surface area is 97.1 Å². The van der Waals surface area contributed by atoms with Crippen molar-refractivity contribution < 1.29 is 0 Å². The number of nitrogens with one attached hydrogen (secondary N) is 1. The first-order valence-electron chi connectivity index (χ1n) is 5.86. The van der Waals surface area contributed by atoms with Gasteiger partial charge in [-0.1, -0.05) is 0 Å². The van der Waals surface area contributed by atoms with Crippen molar-refractivity contribution in [3.05, 3.63) is 18.0 Å². The number of aromatic nitrogens is 2. The van der Waals surface area contributed by atoms with Crippen molar-refractivity contribution in [3.63, 3.8) is 0 Å². The Bertz CT molecular complexity index is 356. The average molecular weight is 220 g/mol. The van der Waals surface area contributed by atoms with E-state index < -0.39 is 0 Å². The van der Waals surface area contributed by atoms with Crippen molar-refractivity contribution in [2.24, 2.45) is 0 Å². The number of anilines is 1. The largest absolute Gasteiger partial charge is 0.341 e. The predicted octanol–water partition coefficient (Wildman–Crippen LogP) is 1.36. The number of rotatable bonds is 2. The minimum Gasteiger partial charge on any atom is -0.341 e. The van der Waals surface area contributed by atoms with Crippen molar-refractivity contribution in [1.29, 1.82) is 0 Å². The third-order valence-electron chi connectivity index (χ3n) is 3.54. The molecule has 1 aliphatic rings. The molecule has 0 bridgehead atoms. The van der Waals surface area contributed by atoms with Crippen LogP contribution in [0, 0.1) is 6.92 Å². The Morgan fingerprint density at radius 1 is 1.38 bits per heavy atom. The molecule has 1 aromatic rings. The van der Waals surface area contributed by atoms with E-state index in [-0.39, 0.29) is 5.54 Å². The van der Waals surface area contributed by atoms with Crippen molar-refractivity contribution in [3.8, 4) is 0 Å². The maximum Gasteiger partial charge on any atom is 0.225 e. The highest BCUT2D eigenvalue weighted by Crippen LogP contribution is 2.23. The number of nitrogens with zero attached hydrogens (tertiary/aromatic N) is 3. The molecular weight excluding hydrogens is 200 g/mol. The van der Waals surface area contributed by atoms with Gasteiger partial charge in [-0.25, -0.2) is 9.97 Å². The van der Waals surface area contributed by atoms with Gasteiger partial charge in [0.1, 0.15) is 0 Å². The van der Waals surface area contributed by atoms with E-state index in [2.05, 4.69) is 27.1 Å². The quantitative estimate of drug-likeness (QED) is 0.817. The van der Waals surface area contributed by atoms with Crippen LogP contribution >= 0.6 is 0 Å². The highest BCUT2D eigenvalue weighted by atomic mass is 15.3. The van der Waals surface area contributed by atoms with E-state index in [0.29, 0.717) is 0 Å². The van der Waals surface area contributed by atoms with Crippen LogP contribution in [0.1, 0.15) is 25.5 Å². The number of hydrogen-bond acceptors (Lipinski definition) is 4. The zero-order valence-electron chi connectivity index (χ0n) is 10.3. The highest BCUT2D eigenvalue weighted by molar-refractivity contribution is 5.31. The summed E-state index contributed by atoms with van der Waals surface area (Å²) < 4.78 is 0. The van der Waals surface area contributed by atoms with Crippen LogP contribution in [0.3, 0.4) is 0 Å². The van der Waals surface area contributed by atoms with E-state index in [4.69, 9.17) is 0 Å². The van der Waals surface area contributed by atoms with Crippen LogP contribution in [0.15, 0.2) is 12.3 Å². The smallest absolute Gasteiger partial charge is 0.225 e. The van der Waals surface area contributed by atoms with E-state index in [1.165, 1.54) is 0 Å². The average Bonchev–Trinajstić information content (AvgIpc) is 2.30. The van der Waals surface area contributed by atoms with Crippen molar-refractivity contribution in [1.82, 2.24) is 15.3 Å². The van der Waals surface area contributed by atoms with Crippen LogP contribution in [-0.2, 0) is 0 Å². The maximum absolute atomic E-state index is 4.46. The second kappa shape index (κ2) is 4.37. The predicted molar refractivity (Wildman–Crippen MR) is 65.7 cm³/mol. The zero-order valence-corrected chi connectivity index (χ0v) is 10.3. The fourth-order valence-corrected chi connectivity index (χ4v) is 2.04. The Morgan fingerprint density at radius 2 is 2.06 bits per heavy atom. The van der Waals surface area contributed by atoms with Gasteiger partial charge in [0.2, 0.25) is 5.95 Å². The van der Waals surface area contributed by atoms with E-state index in [1.807, 2.05) is 26.2 Å². The molecule has 0 saturated carbocycles. The van der Waals surface area contributed by atoms with Crippen LogP contribution in [0.2, 0.25) is 0 Å². The lowest BCUT2D eigenvalue weighted by atomic mass is 9.90. The SMILES string of the molecule is CNC1(C)CCN(c2nccc(C)n2)CC1. The second-order valence-corrected chi connectivity index (χ2v) is 4.80. The third-order valence-corrected chi connectivity index (χ3v) is 3.54. The molecule has 0 spiro atoms. The van der Waals surface area contributed by atoms with Crippen LogP contribution in [-0.4, -0.2) is 35.6 Å². The number of aryl methyl sites for hydroxylation is 1. The van der Waals surface area contributed by atoms with Gasteiger partial charge in [-0.05, 0) is 39.8 Å². The molecule has 2 rings (SSSR count). The fourth-order valence-electron chi connectivity index (χ4n) is 2.04. The molecule has 1 aliphatic heterocycles. The Hall–Kier alpha value is -1.16. The topological polar surface area (TPSA) is 41.0 Å².